The average molecular weight is 499 g/mol. The molecule has 1 amide bonds. The minimum atomic E-state index is -4.70. The lowest BCUT2D eigenvalue weighted by Gasteiger charge is -2.21. The minimum absolute atomic E-state index is 0.167. The highest BCUT2D eigenvalue weighted by molar-refractivity contribution is 7.89. The topological polar surface area (TPSA) is 101 Å². The lowest BCUT2D eigenvalue weighted by Crippen LogP contribution is -2.47. The van der Waals surface area contributed by atoms with E-state index in [9.17, 15) is 26.4 Å². The quantitative estimate of drug-likeness (QED) is 0.501. The average Bonchev–Trinajstić information content (AvgIpc) is 3.20. The molecule has 2 N–H and O–H groups in total. The molecule has 0 saturated heterocycles. The summed E-state index contributed by atoms with van der Waals surface area (Å²) in [6.45, 7) is 5.14. The van der Waals surface area contributed by atoms with Crippen LogP contribution in [0.1, 0.15) is 25.0 Å². The number of aromatic nitrogens is 2. The van der Waals surface area contributed by atoms with E-state index in [2.05, 4.69) is 20.2 Å². The number of hydrogen-bond acceptors (Lipinski definition) is 6. The number of aryl methyl sites for hydroxylation is 1. The van der Waals surface area contributed by atoms with Gasteiger partial charge in [-0.25, -0.2) is 8.42 Å². The monoisotopic (exact) mass is 498 g/mol. The molecule has 0 spiro atoms. The molecular formula is C21H21F3N4O3S2. The first-order chi connectivity index (χ1) is 15.4. The zero-order valence-corrected chi connectivity index (χ0v) is 19.5. The van der Waals surface area contributed by atoms with Gasteiger partial charge in [0, 0.05) is 5.56 Å². The van der Waals surface area contributed by atoms with Gasteiger partial charge in [-0.05, 0) is 37.1 Å². The number of rotatable bonds is 7. The largest absolute Gasteiger partial charge is 0.416 e. The van der Waals surface area contributed by atoms with Gasteiger partial charge in [0.1, 0.15) is 11.0 Å². The highest BCUT2D eigenvalue weighted by Crippen LogP contribution is 2.31. The molecule has 0 radical (unpaired) electrons. The highest BCUT2D eigenvalue weighted by Gasteiger charge is 2.33. The van der Waals surface area contributed by atoms with Crippen LogP contribution in [0.3, 0.4) is 0 Å². The predicted octanol–water partition coefficient (Wildman–Crippen LogP) is 4.47. The van der Waals surface area contributed by atoms with Crippen LogP contribution in [0.2, 0.25) is 0 Å². The number of benzene rings is 2. The van der Waals surface area contributed by atoms with Crippen LogP contribution in [-0.2, 0) is 21.0 Å². The summed E-state index contributed by atoms with van der Waals surface area (Å²) in [7, 11) is -4.41. The number of anilines is 1. The molecule has 0 bridgehead atoms. The van der Waals surface area contributed by atoms with E-state index in [0.717, 1.165) is 40.7 Å². The molecule has 0 aliphatic carbocycles. The molecular weight excluding hydrogens is 477 g/mol. The molecule has 0 aliphatic rings. The third-order valence-electron chi connectivity index (χ3n) is 4.62. The van der Waals surface area contributed by atoms with E-state index in [1.54, 1.807) is 13.8 Å². The smallest absolute Gasteiger partial charge is 0.299 e. The number of sulfonamides is 1. The first-order valence-electron chi connectivity index (χ1n) is 9.78. The molecule has 1 aromatic heterocycles. The van der Waals surface area contributed by atoms with Gasteiger partial charge in [0.05, 0.1) is 10.5 Å². The van der Waals surface area contributed by atoms with E-state index >= 15 is 0 Å². The van der Waals surface area contributed by atoms with E-state index in [-0.39, 0.29) is 5.13 Å². The van der Waals surface area contributed by atoms with Gasteiger partial charge in [-0.15, -0.1) is 10.2 Å². The number of hydrogen-bond donors (Lipinski definition) is 2. The SMILES string of the molecule is Cc1cccc(-c2nnc(NC(=O)C(NS(=O)(=O)c3cccc(C(F)(F)F)c3)C(C)C)s2)c1. The van der Waals surface area contributed by atoms with Crippen LogP contribution < -0.4 is 10.0 Å². The lowest BCUT2D eigenvalue weighted by molar-refractivity contribution is -0.137. The number of halogens is 3. The first-order valence-corrected chi connectivity index (χ1v) is 12.1. The molecule has 7 nitrogen and oxygen atoms in total. The molecule has 0 aliphatic heterocycles. The van der Waals surface area contributed by atoms with Crippen LogP contribution in [0.4, 0.5) is 18.3 Å². The lowest BCUT2D eigenvalue weighted by atomic mass is 10.1. The second kappa shape index (κ2) is 9.57. The Labute approximate surface area is 193 Å². The molecule has 3 aromatic rings. The van der Waals surface area contributed by atoms with Crippen molar-refractivity contribution in [1.82, 2.24) is 14.9 Å². The summed E-state index contributed by atoms with van der Waals surface area (Å²) >= 11 is 1.11. The second-order valence-electron chi connectivity index (χ2n) is 7.64. The number of nitrogens with zero attached hydrogens (tertiary/aromatic N) is 2. The Hall–Kier alpha value is -2.83. The number of nitrogens with one attached hydrogen (secondary N) is 2. The van der Waals surface area contributed by atoms with E-state index < -0.39 is 44.5 Å². The fourth-order valence-corrected chi connectivity index (χ4v) is 5.05. The third kappa shape index (κ3) is 6.15. The summed E-state index contributed by atoms with van der Waals surface area (Å²) < 4.78 is 66.6. The van der Waals surface area contributed by atoms with Crippen molar-refractivity contribution < 1.29 is 26.4 Å². The van der Waals surface area contributed by atoms with Gasteiger partial charge >= 0.3 is 6.18 Å². The number of amides is 1. The van der Waals surface area contributed by atoms with Crippen LogP contribution in [0.25, 0.3) is 10.6 Å². The van der Waals surface area contributed by atoms with Crippen molar-refractivity contribution >= 4 is 32.4 Å². The van der Waals surface area contributed by atoms with Crippen LogP contribution >= 0.6 is 11.3 Å². The van der Waals surface area contributed by atoms with Crippen molar-refractivity contribution in [2.75, 3.05) is 5.32 Å². The third-order valence-corrected chi connectivity index (χ3v) is 6.95. The summed E-state index contributed by atoms with van der Waals surface area (Å²) in [6, 6.07) is 9.62. The van der Waals surface area contributed by atoms with Gasteiger partial charge in [0.25, 0.3) is 0 Å². The molecule has 176 valence electrons. The van der Waals surface area contributed by atoms with Gasteiger partial charge in [0.15, 0.2) is 0 Å². The predicted molar refractivity (Wildman–Crippen MR) is 119 cm³/mol. The molecule has 1 unspecified atom stereocenters. The van der Waals surface area contributed by atoms with Gasteiger partial charge < -0.3 is 0 Å². The van der Waals surface area contributed by atoms with Crippen LogP contribution in [-0.4, -0.2) is 30.6 Å². The number of alkyl halides is 3. The summed E-state index contributed by atoms with van der Waals surface area (Å²) in [5.41, 5.74) is 0.740. The Morgan fingerprint density at radius 3 is 2.39 bits per heavy atom. The van der Waals surface area contributed by atoms with Crippen LogP contribution in [0.5, 0.6) is 0 Å². The van der Waals surface area contributed by atoms with Gasteiger partial charge in [-0.2, -0.15) is 17.9 Å². The first kappa shape index (κ1) is 24.8. The molecule has 0 saturated carbocycles. The standard InChI is InChI=1S/C21H21F3N4O3S2/c1-12(2)17(28-33(30,31)16-9-5-8-15(11-16)21(22,23)24)18(29)25-20-27-26-19(32-20)14-7-4-6-13(3)10-14/h4-12,17,28H,1-3H3,(H,25,27,29). The number of carbonyl (C=O) groups excluding carboxylic acids is 1. The van der Waals surface area contributed by atoms with Crippen molar-refractivity contribution in [2.45, 2.75) is 37.9 Å². The second-order valence-corrected chi connectivity index (χ2v) is 10.3. The maximum atomic E-state index is 13.0. The van der Waals surface area contributed by atoms with Gasteiger partial charge in [0.2, 0.25) is 21.1 Å². The fourth-order valence-electron chi connectivity index (χ4n) is 2.92. The maximum Gasteiger partial charge on any atom is 0.416 e. The van der Waals surface area contributed by atoms with Crippen molar-refractivity contribution in [2.24, 2.45) is 5.92 Å². The van der Waals surface area contributed by atoms with Gasteiger partial charge in [-0.3, -0.25) is 10.1 Å². The minimum Gasteiger partial charge on any atom is -0.299 e. The van der Waals surface area contributed by atoms with E-state index in [1.165, 1.54) is 0 Å². The van der Waals surface area contributed by atoms with E-state index in [4.69, 9.17) is 0 Å². The van der Waals surface area contributed by atoms with E-state index in [0.29, 0.717) is 11.1 Å². The normalized spacial score (nSPS) is 13.2. The zero-order chi connectivity index (χ0) is 24.4. The Bertz CT molecular complexity index is 1260. The molecule has 1 atom stereocenters. The molecule has 0 fully saturated rings. The zero-order valence-electron chi connectivity index (χ0n) is 17.8. The van der Waals surface area contributed by atoms with Crippen LogP contribution in [0.15, 0.2) is 53.4 Å². The summed E-state index contributed by atoms with van der Waals surface area (Å²) in [6.07, 6.45) is -4.70. The molecule has 1 heterocycles. The fraction of sp³-hybridized carbons (Fsp3) is 0.286. The number of carbonyl (C=O) groups is 1. The van der Waals surface area contributed by atoms with E-state index in [1.807, 2.05) is 31.2 Å². The molecule has 12 heteroatoms. The Morgan fingerprint density at radius 1 is 1.06 bits per heavy atom. The van der Waals surface area contributed by atoms with Crippen molar-refractivity contribution in [3.05, 3.63) is 59.7 Å². The summed E-state index contributed by atoms with van der Waals surface area (Å²) in [5.74, 6) is -1.21. The summed E-state index contributed by atoms with van der Waals surface area (Å²) in [4.78, 5) is 12.2. The molecule has 2 aromatic carbocycles. The Morgan fingerprint density at radius 2 is 1.76 bits per heavy atom. The Kier molecular flexibility index (Phi) is 7.20. The summed E-state index contributed by atoms with van der Waals surface area (Å²) in [5, 5.41) is 11.3. The van der Waals surface area contributed by atoms with Crippen molar-refractivity contribution in [3.63, 3.8) is 0 Å². The maximum absolute atomic E-state index is 13.0. The van der Waals surface area contributed by atoms with Gasteiger partial charge in [-0.1, -0.05) is 55.0 Å². The Balaban J connectivity index is 1.79. The van der Waals surface area contributed by atoms with Crippen LogP contribution in [0, 0.1) is 12.8 Å². The van der Waals surface area contributed by atoms with Crippen molar-refractivity contribution in [1.29, 1.82) is 0 Å². The molecule has 33 heavy (non-hydrogen) atoms. The molecule has 3 rings (SSSR count). The van der Waals surface area contributed by atoms with Crippen molar-refractivity contribution in [3.8, 4) is 10.6 Å². The highest BCUT2D eigenvalue weighted by atomic mass is 32.2.